The molecule has 0 aliphatic carbocycles. The van der Waals surface area contributed by atoms with Gasteiger partial charge in [-0.15, -0.1) is 0 Å². The van der Waals surface area contributed by atoms with Crippen LogP contribution in [0.5, 0.6) is 0 Å². The predicted molar refractivity (Wildman–Crippen MR) is 86.6 cm³/mol. The Kier molecular flexibility index (Phi) is 6.83. The molecule has 1 aliphatic heterocycles. The van der Waals surface area contributed by atoms with Gasteiger partial charge in [0.15, 0.2) is 0 Å². The smallest absolute Gasteiger partial charge is 0.255 e. The Hall–Kier alpha value is -1.63. The van der Waals surface area contributed by atoms with Gasteiger partial charge in [0.1, 0.15) is 6.61 Å². The largest absolute Gasteiger partial charge is 0.382 e. The summed E-state index contributed by atoms with van der Waals surface area (Å²) >= 11 is 6.06. The molecule has 126 valence electrons. The van der Waals surface area contributed by atoms with Crippen molar-refractivity contribution in [3.63, 3.8) is 0 Å². The molecule has 0 N–H and O–H groups in total. The van der Waals surface area contributed by atoms with E-state index in [1.165, 1.54) is 0 Å². The van der Waals surface area contributed by atoms with E-state index in [2.05, 4.69) is 0 Å². The molecule has 1 saturated heterocycles. The number of nitrogens with zero attached hydrogens (tertiary/aromatic N) is 2. The van der Waals surface area contributed by atoms with E-state index < -0.39 is 0 Å². The van der Waals surface area contributed by atoms with Gasteiger partial charge in [-0.3, -0.25) is 9.59 Å². The fourth-order valence-corrected chi connectivity index (χ4v) is 2.57. The third kappa shape index (κ3) is 4.92. The van der Waals surface area contributed by atoms with Crippen molar-refractivity contribution in [3.05, 3.63) is 34.9 Å². The molecule has 0 saturated carbocycles. The number of amides is 2. The topological polar surface area (TPSA) is 59.1 Å². The maximum absolute atomic E-state index is 12.4. The molecule has 2 rings (SSSR count). The summed E-state index contributed by atoms with van der Waals surface area (Å²) in [5.74, 6) is -0.162. The first-order valence-corrected chi connectivity index (χ1v) is 7.89. The Morgan fingerprint density at radius 1 is 1.09 bits per heavy atom. The third-order valence-corrected chi connectivity index (χ3v) is 4.01. The van der Waals surface area contributed by atoms with Gasteiger partial charge in [-0.2, -0.15) is 0 Å². The maximum atomic E-state index is 12.4. The van der Waals surface area contributed by atoms with Crippen LogP contribution in [0.15, 0.2) is 24.3 Å². The molecular weight excluding hydrogens is 320 g/mol. The number of benzene rings is 1. The fourth-order valence-electron chi connectivity index (χ4n) is 2.36. The zero-order chi connectivity index (χ0) is 16.7. The van der Waals surface area contributed by atoms with Gasteiger partial charge in [-0.1, -0.05) is 23.7 Å². The number of methoxy groups -OCH3 is 1. The minimum absolute atomic E-state index is 0.0435. The lowest BCUT2D eigenvalue weighted by molar-refractivity contribution is -0.138. The number of ether oxygens (including phenoxy) is 2. The van der Waals surface area contributed by atoms with Crippen molar-refractivity contribution in [2.75, 3.05) is 53.1 Å². The molecule has 1 heterocycles. The summed E-state index contributed by atoms with van der Waals surface area (Å²) in [6.07, 6.45) is 0. The normalized spacial score (nSPS) is 14.9. The van der Waals surface area contributed by atoms with Gasteiger partial charge in [0.2, 0.25) is 5.91 Å². The summed E-state index contributed by atoms with van der Waals surface area (Å²) in [6, 6.07) is 6.99. The molecule has 0 spiro atoms. The zero-order valence-corrected chi connectivity index (χ0v) is 13.9. The first-order valence-electron chi connectivity index (χ1n) is 7.51. The van der Waals surface area contributed by atoms with E-state index in [9.17, 15) is 9.59 Å². The molecule has 0 bridgehead atoms. The molecule has 0 atom stereocenters. The summed E-state index contributed by atoms with van der Waals surface area (Å²) in [4.78, 5) is 27.9. The molecule has 7 heteroatoms. The van der Waals surface area contributed by atoms with E-state index in [-0.39, 0.29) is 18.4 Å². The summed E-state index contributed by atoms with van der Waals surface area (Å²) in [6.45, 7) is 2.90. The second kappa shape index (κ2) is 8.86. The summed E-state index contributed by atoms with van der Waals surface area (Å²) in [7, 11) is 1.58. The number of rotatable bonds is 6. The standard InChI is InChI=1S/C16H21ClN2O4/c1-22-10-11-23-12-15(20)18-6-8-19(9-7-18)16(21)13-4-2-3-5-14(13)17/h2-5H,6-12H2,1H3. The van der Waals surface area contributed by atoms with Gasteiger partial charge < -0.3 is 19.3 Å². The molecule has 23 heavy (non-hydrogen) atoms. The molecule has 1 aromatic rings. The second-order valence-corrected chi connectivity index (χ2v) is 5.61. The van der Waals surface area contributed by atoms with Crippen molar-refractivity contribution in [1.82, 2.24) is 9.80 Å². The molecule has 0 unspecified atom stereocenters. The molecule has 2 amide bonds. The van der Waals surface area contributed by atoms with E-state index >= 15 is 0 Å². The second-order valence-electron chi connectivity index (χ2n) is 5.20. The maximum Gasteiger partial charge on any atom is 0.255 e. The quantitative estimate of drug-likeness (QED) is 0.732. The first-order chi connectivity index (χ1) is 11.1. The van der Waals surface area contributed by atoms with Crippen LogP contribution < -0.4 is 0 Å². The third-order valence-electron chi connectivity index (χ3n) is 3.68. The van der Waals surface area contributed by atoms with Crippen molar-refractivity contribution < 1.29 is 19.1 Å². The molecule has 1 aromatic carbocycles. The molecule has 1 aliphatic rings. The lowest BCUT2D eigenvalue weighted by Gasteiger charge is -2.34. The Morgan fingerprint density at radius 3 is 2.39 bits per heavy atom. The SMILES string of the molecule is COCCOCC(=O)N1CCN(C(=O)c2ccccc2Cl)CC1. The predicted octanol–water partition coefficient (Wildman–Crippen LogP) is 1.29. The highest BCUT2D eigenvalue weighted by molar-refractivity contribution is 6.33. The van der Waals surface area contributed by atoms with Crippen LogP contribution in [0.3, 0.4) is 0 Å². The van der Waals surface area contributed by atoms with Gasteiger partial charge in [0.05, 0.1) is 23.8 Å². The average Bonchev–Trinajstić information content (AvgIpc) is 2.58. The molecule has 6 nitrogen and oxygen atoms in total. The van der Waals surface area contributed by atoms with Gasteiger partial charge >= 0.3 is 0 Å². The van der Waals surface area contributed by atoms with Crippen molar-refractivity contribution >= 4 is 23.4 Å². The van der Waals surface area contributed by atoms with Crippen LogP contribution in [0.2, 0.25) is 5.02 Å². The van der Waals surface area contributed by atoms with Gasteiger partial charge in [-0.25, -0.2) is 0 Å². The van der Waals surface area contributed by atoms with Gasteiger partial charge in [0, 0.05) is 33.3 Å². The molecule has 0 radical (unpaired) electrons. The van der Waals surface area contributed by atoms with Crippen LogP contribution in [0, 0.1) is 0 Å². The van der Waals surface area contributed by atoms with E-state index in [4.69, 9.17) is 21.1 Å². The molecule has 1 fully saturated rings. The van der Waals surface area contributed by atoms with E-state index in [0.717, 1.165) is 0 Å². The highest BCUT2D eigenvalue weighted by Crippen LogP contribution is 2.18. The van der Waals surface area contributed by atoms with Gasteiger partial charge in [-0.05, 0) is 12.1 Å². The van der Waals surface area contributed by atoms with Crippen molar-refractivity contribution in [2.45, 2.75) is 0 Å². The van der Waals surface area contributed by atoms with Crippen LogP contribution in [-0.2, 0) is 14.3 Å². The van der Waals surface area contributed by atoms with Crippen LogP contribution in [0.4, 0.5) is 0 Å². The number of halogens is 1. The number of piperazine rings is 1. The van der Waals surface area contributed by atoms with E-state index in [1.54, 1.807) is 41.2 Å². The minimum atomic E-state index is -0.0981. The number of hydrogen-bond donors (Lipinski definition) is 0. The number of carbonyl (C=O) groups excluding carboxylic acids is 2. The highest BCUT2D eigenvalue weighted by atomic mass is 35.5. The molecule has 0 aromatic heterocycles. The summed E-state index contributed by atoms with van der Waals surface area (Å²) in [5, 5.41) is 0.447. The van der Waals surface area contributed by atoms with Crippen molar-refractivity contribution in [1.29, 1.82) is 0 Å². The van der Waals surface area contributed by atoms with Gasteiger partial charge in [0.25, 0.3) is 5.91 Å². The lowest BCUT2D eigenvalue weighted by Crippen LogP contribution is -2.51. The molecular formula is C16H21ClN2O4. The fraction of sp³-hybridized carbons (Fsp3) is 0.500. The lowest BCUT2D eigenvalue weighted by atomic mass is 10.2. The number of hydrogen-bond acceptors (Lipinski definition) is 4. The van der Waals surface area contributed by atoms with Crippen molar-refractivity contribution in [3.8, 4) is 0 Å². The highest BCUT2D eigenvalue weighted by Gasteiger charge is 2.25. The van der Waals surface area contributed by atoms with E-state index in [1.807, 2.05) is 0 Å². The van der Waals surface area contributed by atoms with Crippen LogP contribution in [-0.4, -0.2) is 74.7 Å². The summed E-state index contributed by atoms with van der Waals surface area (Å²) in [5.41, 5.74) is 0.497. The Labute approximate surface area is 140 Å². The first kappa shape index (κ1) is 17.7. The van der Waals surface area contributed by atoms with Crippen LogP contribution in [0.1, 0.15) is 10.4 Å². The number of carbonyl (C=O) groups is 2. The summed E-state index contributed by atoms with van der Waals surface area (Å²) < 4.78 is 10.1. The van der Waals surface area contributed by atoms with Crippen molar-refractivity contribution in [2.24, 2.45) is 0 Å². The van der Waals surface area contributed by atoms with Crippen LogP contribution in [0.25, 0.3) is 0 Å². The monoisotopic (exact) mass is 340 g/mol. The average molecular weight is 341 g/mol. The Morgan fingerprint density at radius 2 is 1.74 bits per heavy atom. The minimum Gasteiger partial charge on any atom is -0.382 e. The zero-order valence-electron chi connectivity index (χ0n) is 13.2. The van der Waals surface area contributed by atoms with Crippen LogP contribution >= 0.6 is 11.6 Å². The van der Waals surface area contributed by atoms with E-state index in [0.29, 0.717) is 50.0 Å². The Bertz CT molecular complexity index is 545. The Balaban J connectivity index is 1.80.